The van der Waals surface area contributed by atoms with Crippen molar-refractivity contribution in [3.8, 4) is 23.0 Å². The van der Waals surface area contributed by atoms with Crippen LogP contribution >= 0.6 is 11.8 Å². The van der Waals surface area contributed by atoms with E-state index >= 15 is 0 Å². The number of aromatic hydroxyl groups is 1. The van der Waals surface area contributed by atoms with Gasteiger partial charge in [-0.1, -0.05) is 42.1 Å². The molecule has 0 saturated carbocycles. The molecule has 0 atom stereocenters. The van der Waals surface area contributed by atoms with E-state index in [2.05, 4.69) is 20.7 Å². The van der Waals surface area contributed by atoms with E-state index in [9.17, 15) is 9.90 Å². The molecule has 0 saturated heterocycles. The van der Waals surface area contributed by atoms with Crippen LogP contribution in [-0.2, 0) is 4.79 Å². The summed E-state index contributed by atoms with van der Waals surface area (Å²) in [4.78, 5) is 12.2. The topological polar surface area (TPSA) is 110 Å². The van der Waals surface area contributed by atoms with Crippen molar-refractivity contribution in [3.05, 3.63) is 59.7 Å². The first-order valence-electron chi connectivity index (χ1n) is 8.62. The molecule has 9 heteroatoms. The number of phenolic OH excluding ortho intramolecular Hbond substituents is 1. The number of phenols is 1. The van der Waals surface area contributed by atoms with E-state index in [1.165, 1.54) is 18.9 Å². The molecule has 1 aliphatic rings. The predicted octanol–water partition coefficient (Wildman–Crippen LogP) is 3.11. The molecule has 0 spiro atoms. The molecule has 0 unspecified atom stereocenters. The van der Waals surface area contributed by atoms with Gasteiger partial charge in [-0.2, -0.15) is 5.10 Å². The number of amides is 1. The second-order valence-corrected chi connectivity index (χ2v) is 6.91. The minimum Gasteiger partial charge on any atom is -0.504 e. The highest BCUT2D eigenvalue weighted by Crippen LogP contribution is 2.32. The first kappa shape index (κ1) is 18.8. The number of hydrogen-bond acceptors (Lipinski definition) is 8. The van der Waals surface area contributed by atoms with Gasteiger partial charge < -0.3 is 14.3 Å². The predicted molar refractivity (Wildman–Crippen MR) is 109 cm³/mol. The van der Waals surface area contributed by atoms with Crippen LogP contribution < -0.4 is 10.2 Å². The summed E-state index contributed by atoms with van der Waals surface area (Å²) in [6.45, 7) is 0. The number of para-hydroxylation sites is 1. The Hall–Kier alpha value is -3.59. The summed E-state index contributed by atoms with van der Waals surface area (Å²) >= 11 is 1.27. The summed E-state index contributed by atoms with van der Waals surface area (Å²) in [5.74, 6) is 0.695. The lowest BCUT2D eigenvalue weighted by Gasteiger charge is -2.06. The highest BCUT2D eigenvalue weighted by atomic mass is 32.2. The summed E-state index contributed by atoms with van der Waals surface area (Å²) in [7, 11) is 1.46. The van der Waals surface area contributed by atoms with Crippen molar-refractivity contribution in [2.75, 3.05) is 12.9 Å². The molecule has 8 nitrogen and oxygen atoms in total. The van der Waals surface area contributed by atoms with Crippen molar-refractivity contribution in [3.63, 3.8) is 0 Å². The van der Waals surface area contributed by atoms with Crippen LogP contribution in [0.4, 0.5) is 0 Å². The third-order valence-corrected chi connectivity index (χ3v) is 4.99. The number of benzene rings is 2. The van der Waals surface area contributed by atoms with Gasteiger partial charge in [0, 0.05) is 16.9 Å². The number of hydrogen-bond donors (Lipinski definition) is 2. The highest BCUT2D eigenvalue weighted by Gasteiger charge is 2.24. The Morgan fingerprint density at radius 3 is 2.79 bits per heavy atom. The van der Waals surface area contributed by atoms with Crippen molar-refractivity contribution in [1.29, 1.82) is 0 Å². The normalized spacial score (nSPS) is 14.7. The molecular weight excluding hydrogens is 392 g/mol. The third-order valence-electron chi connectivity index (χ3n) is 4.16. The molecule has 2 aromatic carbocycles. The van der Waals surface area contributed by atoms with Crippen molar-refractivity contribution in [2.45, 2.75) is 5.22 Å². The van der Waals surface area contributed by atoms with Crippen molar-refractivity contribution in [1.82, 2.24) is 15.6 Å². The molecule has 0 radical (unpaired) electrons. The molecule has 3 aromatic rings. The van der Waals surface area contributed by atoms with Crippen molar-refractivity contribution in [2.24, 2.45) is 5.10 Å². The highest BCUT2D eigenvalue weighted by molar-refractivity contribution is 7.99. The first-order chi connectivity index (χ1) is 14.2. The van der Waals surface area contributed by atoms with E-state index in [1.807, 2.05) is 30.3 Å². The fourth-order valence-corrected chi connectivity index (χ4v) is 3.42. The molecule has 0 bridgehead atoms. The van der Waals surface area contributed by atoms with Gasteiger partial charge in [0.25, 0.3) is 11.1 Å². The van der Waals surface area contributed by atoms with Gasteiger partial charge in [0.1, 0.15) is 0 Å². The van der Waals surface area contributed by atoms with Gasteiger partial charge >= 0.3 is 0 Å². The standard InChI is InChI=1S/C20H16N4O4S/c1-27-16-9-5-8-13(17(16)25)10-14-15(21-22-18(14)26)11-29-20-24-23-19(28-20)12-6-3-2-4-7-12/h2-10,25H,11H2,1H3,(H,22,26)/b14-10-. The van der Waals surface area contributed by atoms with E-state index in [0.717, 1.165) is 5.56 Å². The Kier molecular flexibility index (Phi) is 5.30. The number of ether oxygens (including phenoxy) is 1. The maximum absolute atomic E-state index is 12.2. The Labute approximate surface area is 170 Å². The summed E-state index contributed by atoms with van der Waals surface area (Å²) in [6, 6.07) is 14.5. The number of carbonyl (C=O) groups is 1. The summed E-state index contributed by atoms with van der Waals surface area (Å²) in [5, 5.41) is 22.8. The SMILES string of the molecule is COc1cccc(/C=C2\C(=O)NN=C2CSc2nnc(-c3ccccc3)o2)c1O. The van der Waals surface area contributed by atoms with Crippen LogP contribution in [0.1, 0.15) is 5.56 Å². The molecule has 4 rings (SSSR count). The van der Waals surface area contributed by atoms with Crippen LogP contribution in [0.3, 0.4) is 0 Å². The average molecular weight is 408 g/mol. The Bertz CT molecular complexity index is 1110. The molecule has 0 fully saturated rings. The summed E-state index contributed by atoms with van der Waals surface area (Å²) in [6.07, 6.45) is 1.57. The lowest BCUT2D eigenvalue weighted by Crippen LogP contribution is -2.13. The minimum absolute atomic E-state index is 0.0430. The molecule has 0 aliphatic carbocycles. The van der Waals surface area contributed by atoms with E-state index < -0.39 is 0 Å². The smallest absolute Gasteiger partial charge is 0.277 e. The van der Waals surface area contributed by atoms with Gasteiger partial charge in [0.05, 0.1) is 18.4 Å². The molecular formula is C20H16N4O4S. The number of hydrazone groups is 1. The van der Waals surface area contributed by atoms with E-state index in [4.69, 9.17) is 9.15 Å². The van der Waals surface area contributed by atoms with E-state index in [-0.39, 0.29) is 11.7 Å². The number of thioether (sulfide) groups is 1. The molecule has 29 heavy (non-hydrogen) atoms. The zero-order valence-electron chi connectivity index (χ0n) is 15.3. The van der Waals surface area contributed by atoms with Gasteiger partial charge in [-0.3, -0.25) is 4.79 Å². The number of aromatic nitrogens is 2. The zero-order chi connectivity index (χ0) is 20.2. The fraction of sp³-hybridized carbons (Fsp3) is 0.100. The number of nitrogens with one attached hydrogen (secondary N) is 1. The largest absolute Gasteiger partial charge is 0.504 e. The third kappa shape index (κ3) is 3.99. The van der Waals surface area contributed by atoms with Crippen molar-refractivity contribution < 1.29 is 19.1 Å². The minimum atomic E-state index is -0.349. The molecule has 1 amide bonds. The molecule has 2 heterocycles. The Morgan fingerprint density at radius 2 is 2.00 bits per heavy atom. The average Bonchev–Trinajstić information content (AvgIpc) is 3.36. The van der Waals surface area contributed by atoms with Crippen LogP contribution in [0.15, 0.2) is 68.8 Å². The van der Waals surface area contributed by atoms with Crippen molar-refractivity contribution >= 4 is 29.5 Å². The first-order valence-corrected chi connectivity index (χ1v) is 9.61. The van der Waals surface area contributed by atoms with Crippen LogP contribution in [0, 0.1) is 0 Å². The molecule has 1 aliphatic heterocycles. The maximum Gasteiger partial charge on any atom is 0.277 e. The van der Waals surface area contributed by atoms with Crippen LogP contribution in [0.2, 0.25) is 0 Å². The molecule has 2 N–H and O–H groups in total. The quantitative estimate of drug-likeness (QED) is 0.476. The molecule has 146 valence electrons. The second kappa shape index (κ2) is 8.19. The Balaban J connectivity index is 1.50. The van der Waals surface area contributed by atoms with Gasteiger partial charge in [-0.25, -0.2) is 5.43 Å². The van der Waals surface area contributed by atoms with E-state index in [1.54, 1.807) is 24.3 Å². The zero-order valence-corrected chi connectivity index (χ0v) is 16.1. The monoisotopic (exact) mass is 408 g/mol. The van der Waals surface area contributed by atoms with E-state index in [0.29, 0.717) is 39.5 Å². The lowest BCUT2D eigenvalue weighted by atomic mass is 10.1. The summed E-state index contributed by atoms with van der Waals surface area (Å²) in [5.41, 5.74) is 4.60. The number of nitrogens with zero attached hydrogens (tertiary/aromatic N) is 3. The molecule has 1 aromatic heterocycles. The van der Waals surface area contributed by atoms with Gasteiger partial charge in [-0.05, 0) is 24.3 Å². The fourth-order valence-electron chi connectivity index (χ4n) is 2.70. The number of rotatable bonds is 6. The van der Waals surface area contributed by atoms with Crippen LogP contribution in [0.25, 0.3) is 17.5 Å². The van der Waals surface area contributed by atoms with Gasteiger partial charge in [-0.15, -0.1) is 10.2 Å². The van der Waals surface area contributed by atoms with Gasteiger partial charge in [0.15, 0.2) is 11.5 Å². The lowest BCUT2D eigenvalue weighted by molar-refractivity contribution is -0.116. The van der Waals surface area contributed by atoms with Crippen LogP contribution in [-0.4, -0.2) is 39.8 Å². The van der Waals surface area contributed by atoms with Gasteiger partial charge in [0.2, 0.25) is 5.89 Å². The number of carbonyl (C=O) groups excluding carboxylic acids is 1. The maximum atomic E-state index is 12.2. The second-order valence-electron chi connectivity index (χ2n) is 5.98. The summed E-state index contributed by atoms with van der Waals surface area (Å²) < 4.78 is 10.8. The number of methoxy groups -OCH3 is 1. The Morgan fingerprint density at radius 1 is 1.17 bits per heavy atom. The van der Waals surface area contributed by atoms with Crippen LogP contribution in [0.5, 0.6) is 11.5 Å².